The fourth-order valence-corrected chi connectivity index (χ4v) is 4.25. The first-order valence-electron chi connectivity index (χ1n) is 12.5. The van der Waals surface area contributed by atoms with Crippen LogP contribution in [0.5, 0.6) is 0 Å². The second-order valence-electron chi connectivity index (χ2n) is 9.01. The van der Waals surface area contributed by atoms with Crippen LogP contribution in [0.4, 0.5) is 4.79 Å². The van der Waals surface area contributed by atoms with Crippen molar-refractivity contribution >= 4 is 18.0 Å². The third-order valence-electron chi connectivity index (χ3n) is 6.20. The Labute approximate surface area is 217 Å². The minimum Gasteiger partial charge on any atom is -0.459 e. The number of aryl methyl sites for hydroxylation is 1. The van der Waals surface area contributed by atoms with E-state index in [9.17, 15) is 14.4 Å². The van der Waals surface area contributed by atoms with E-state index in [-0.39, 0.29) is 26.2 Å². The van der Waals surface area contributed by atoms with Gasteiger partial charge < -0.3 is 14.2 Å². The summed E-state index contributed by atoms with van der Waals surface area (Å²) in [6.45, 7) is 2.28. The molecule has 0 saturated carbocycles. The molecule has 4 rings (SSSR count). The van der Waals surface area contributed by atoms with Crippen LogP contribution in [0, 0.1) is 0 Å². The van der Waals surface area contributed by atoms with Crippen LogP contribution in [0.25, 0.3) is 0 Å². The Balaban J connectivity index is 1.41. The van der Waals surface area contributed by atoms with Gasteiger partial charge in [0, 0.05) is 6.42 Å². The van der Waals surface area contributed by atoms with Crippen LogP contribution in [0.1, 0.15) is 46.8 Å². The summed E-state index contributed by atoms with van der Waals surface area (Å²) in [6.07, 6.45) is 0.761. The molecule has 3 aromatic rings. The first kappa shape index (κ1) is 25.9. The number of carbonyl (C=O) groups is 3. The molecule has 1 aliphatic rings. The number of carbonyl (C=O) groups excluding carboxylic acids is 3. The van der Waals surface area contributed by atoms with Crippen molar-refractivity contribution in [2.75, 3.05) is 6.54 Å². The normalized spacial score (nSPS) is 16.7. The van der Waals surface area contributed by atoms with E-state index >= 15 is 0 Å². The smallest absolute Gasteiger partial charge is 0.410 e. The van der Waals surface area contributed by atoms with Gasteiger partial charge in [0.25, 0.3) is 0 Å². The Bertz CT molecular complexity index is 1120. The third-order valence-corrected chi connectivity index (χ3v) is 6.20. The Morgan fingerprint density at radius 1 is 0.784 bits per heavy atom. The van der Waals surface area contributed by atoms with Crippen LogP contribution >= 0.6 is 0 Å². The highest BCUT2D eigenvalue weighted by Gasteiger charge is 2.43. The lowest BCUT2D eigenvalue weighted by molar-refractivity contribution is -0.149. The van der Waals surface area contributed by atoms with E-state index < -0.39 is 30.2 Å². The summed E-state index contributed by atoms with van der Waals surface area (Å²) in [5, 5.41) is 0. The van der Waals surface area contributed by atoms with Crippen molar-refractivity contribution in [1.82, 2.24) is 4.90 Å². The van der Waals surface area contributed by atoms with E-state index in [4.69, 9.17) is 14.2 Å². The molecule has 0 spiro atoms. The topological polar surface area (TPSA) is 82.1 Å². The zero-order valence-corrected chi connectivity index (χ0v) is 20.9. The first-order valence-corrected chi connectivity index (χ1v) is 12.5. The highest BCUT2D eigenvalue weighted by atomic mass is 16.6. The molecule has 2 atom stereocenters. The lowest BCUT2D eigenvalue weighted by Gasteiger charge is -2.22. The summed E-state index contributed by atoms with van der Waals surface area (Å²) in [5.74, 6) is -1.06. The molecule has 37 heavy (non-hydrogen) atoms. The van der Waals surface area contributed by atoms with Gasteiger partial charge in [-0.05, 0) is 35.2 Å². The van der Waals surface area contributed by atoms with Gasteiger partial charge in [0.2, 0.25) is 0 Å². The number of nitrogens with zero attached hydrogens (tertiary/aromatic N) is 1. The van der Waals surface area contributed by atoms with E-state index in [2.05, 4.69) is 6.92 Å². The van der Waals surface area contributed by atoms with Gasteiger partial charge in [-0.1, -0.05) is 86.1 Å². The van der Waals surface area contributed by atoms with Crippen LogP contribution in [0.3, 0.4) is 0 Å². The van der Waals surface area contributed by atoms with Crippen LogP contribution < -0.4 is 0 Å². The molecule has 1 heterocycles. The van der Waals surface area contributed by atoms with E-state index in [1.165, 1.54) is 4.90 Å². The van der Waals surface area contributed by atoms with Gasteiger partial charge >= 0.3 is 18.0 Å². The summed E-state index contributed by atoms with van der Waals surface area (Å²) in [7, 11) is 0. The minimum atomic E-state index is -0.920. The molecule has 0 aromatic heterocycles. The lowest BCUT2D eigenvalue weighted by Crippen LogP contribution is -2.41. The van der Waals surface area contributed by atoms with Crippen molar-refractivity contribution in [1.29, 1.82) is 0 Å². The molecule has 1 fully saturated rings. The van der Waals surface area contributed by atoms with Gasteiger partial charge in [0.05, 0.1) is 12.1 Å². The molecular formula is C30H31NO6. The van der Waals surface area contributed by atoms with E-state index in [0.717, 1.165) is 29.5 Å². The molecular weight excluding hydrogens is 470 g/mol. The number of esters is 2. The van der Waals surface area contributed by atoms with Gasteiger partial charge in [-0.2, -0.15) is 0 Å². The van der Waals surface area contributed by atoms with Crippen LogP contribution in [-0.4, -0.2) is 41.6 Å². The van der Waals surface area contributed by atoms with Gasteiger partial charge in [-0.15, -0.1) is 0 Å². The number of benzene rings is 3. The van der Waals surface area contributed by atoms with Crippen molar-refractivity contribution in [2.45, 2.75) is 51.5 Å². The Kier molecular flexibility index (Phi) is 8.92. The first-order chi connectivity index (χ1) is 18.0. The molecule has 1 amide bonds. The summed E-state index contributed by atoms with van der Waals surface area (Å²) >= 11 is 0. The molecule has 0 radical (unpaired) electrons. The lowest BCUT2D eigenvalue weighted by atomic mass is 10.1. The molecule has 0 aliphatic carbocycles. The van der Waals surface area contributed by atoms with Crippen LogP contribution in [-0.2, 0) is 38.6 Å². The van der Waals surface area contributed by atoms with Crippen LogP contribution in [0.15, 0.2) is 84.9 Å². The van der Waals surface area contributed by atoms with Crippen molar-refractivity contribution in [2.24, 2.45) is 0 Å². The van der Waals surface area contributed by atoms with Gasteiger partial charge in [-0.3, -0.25) is 4.90 Å². The molecule has 7 heteroatoms. The number of likely N-dealkylation sites (tertiary alicyclic amines) is 1. The molecule has 3 aromatic carbocycles. The maximum absolute atomic E-state index is 13.0. The Morgan fingerprint density at radius 3 is 1.97 bits per heavy atom. The number of hydrogen-bond donors (Lipinski definition) is 0. The molecule has 1 aliphatic heterocycles. The zero-order chi connectivity index (χ0) is 26.0. The third kappa shape index (κ3) is 7.19. The monoisotopic (exact) mass is 501 g/mol. The number of ether oxygens (including phenoxy) is 3. The Morgan fingerprint density at radius 2 is 1.38 bits per heavy atom. The number of amides is 1. The summed E-state index contributed by atoms with van der Waals surface area (Å²) in [5.41, 5.74) is 3.23. The Hall–Kier alpha value is -4.13. The largest absolute Gasteiger partial charge is 0.459 e. The molecule has 192 valence electrons. The second kappa shape index (κ2) is 12.7. The fourth-order valence-electron chi connectivity index (χ4n) is 4.25. The van der Waals surface area contributed by atoms with E-state index in [1.807, 2.05) is 72.8 Å². The zero-order valence-electron chi connectivity index (χ0n) is 20.9. The highest BCUT2D eigenvalue weighted by molar-refractivity contribution is 5.90. The second-order valence-corrected chi connectivity index (χ2v) is 9.01. The van der Waals surface area contributed by atoms with Crippen LogP contribution in [0.2, 0.25) is 0 Å². The van der Waals surface area contributed by atoms with Gasteiger partial charge in [-0.25, -0.2) is 14.4 Å². The predicted octanol–water partition coefficient (Wildman–Crippen LogP) is 5.32. The van der Waals surface area contributed by atoms with Gasteiger partial charge in [0.15, 0.2) is 0 Å². The van der Waals surface area contributed by atoms with Crippen molar-refractivity contribution in [3.8, 4) is 0 Å². The number of rotatable bonds is 9. The van der Waals surface area contributed by atoms with E-state index in [0.29, 0.717) is 5.56 Å². The molecule has 0 unspecified atom stereocenters. The fraction of sp³-hybridized carbons (Fsp3) is 0.300. The van der Waals surface area contributed by atoms with Crippen molar-refractivity contribution in [3.63, 3.8) is 0 Å². The molecule has 0 N–H and O–H groups in total. The van der Waals surface area contributed by atoms with Crippen molar-refractivity contribution < 1.29 is 28.6 Å². The predicted molar refractivity (Wildman–Crippen MR) is 138 cm³/mol. The summed E-state index contributed by atoms with van der Waals surface area (Å²) in [6, 6.07) is 24.9. The SMILES string of the molecule is CCCc1ccc(C(=O)O[C@@H]2C[C@@H](C(=O)OCc3ccccc3)N(C(=O)OCc3ccccc3)C2)cc1. The summed E-state index contributed by atoms with van der Waals surface area (Å²) in [4.78, 5) is 40.0. The quantitative estimate of drug-likeness (QED) is 0.292. The number of hydrogen-bond acceptors (Lipinski definition) is 6. The summed E-state index contributed by atoms with van der Waals surface area (Å²) < 4.78 is 16.7. The average molecular weight is 502 g/mol. The maximum Gasteiger partial charge on any atom is 0.410 e. The highest BCUT2D eigenvalue weighted by Crippen LogP contribution is 2.25. The molecule has 7 nitrogen and oxygen atoms in total. The maximum atomic E-state index is 13.0. The van der Waals surface area contributed by atoms with E-state index in [1.54, 1.807) is 12.1 Å². The average Bonchev–Trinajstić information content (AvgIpc) is 3.36. The van der Waals surface area contributed by atoms with Crippen molar-refractivity contribution in [3.05, 3.63) is 107 Å². The molecule has 0 bridgehead atoms. The standard InChI is InChI=1S/C30H31NO6/c1-2-9-22-14-16-25(17-15-22)28(32)37-26-18-27(29(33)35-20-23-10-5-3-6-11-23)31(19-26)30(34)36-21-24-12-7-4-8-13-24/h3-8,10-17,26-27H,2,9,18-21H2,1H3/t26-,27+/m1/s1. The minimum absolute atomic E-state index is 0.0401. The molecule has 1 saturated heterocycles. The van der Waals surface area contributed by atoms with Gasteiger partial charge in [0.1, 0.15) is 25.4 Å².